The van der Waals surface area contributed by atoms with Crippen LogP contribution in [0.2, 0.25) is 0 Å². The predicted octanol–water partition coefficient (Wildman–Crippen LogP) is 2.12. The lowest BCUT2D eigenvalue weighted by atomic mass is 10.2. The fraction of sp³-hybridized carbons (Fsp3) is 0.333. The Morgan fingerprint density at radius 2 is 1.85 bits per heavy atom. The second-order valence-electron chi connectivity index (χ2n) is 2.95. The van der Waals surface area contributed by atoms with Crippen molar-refractivity contribution in [2.24, 2.45) is 0 Å². The van der Waals surface area contributed by atoms with E-state index in [0.29, 0.717) is 6.61 Å². The molecule has 0 radical (unpaired) electrons. The fourth-order valence-electron chi connectivity index (χ4n) is 1.17. The van der Waals surface area contributed by atoms with Crippen molar-refractivity contribution < 1.29 is 18.3 Å². The molecular formula is C9H8F2O2. The monoisotopic (exact) mass is 186 g/mol. The van der Waals surface area contributed by atoms with Crippen LogP contribution in [0.25, 0.3) is 0 Å². The van der Waals surface area contributed by atoms with E-state index < -0.39 is 11.6 Å². The van der Waals surface area contributed by atoms with Crippen LogP contribution in [-0.4, -0.2) is 12.7 Å². The first-order chi connectivity index (χ1) is 6.16. The normalized spacial score (nSPS) is 20.1. The third-order valence-corrected chi connectivity index (χ3v) is 1.79. The third kappa shape index (κ3) is 1.43. The molecule has 2 rings (SSSR count). The second-order valence-corrected chi connectivity index (χ2v) is 2.95. The van der Waals surface area contributed by atoms with Crippen molar-refractivity contribution in [2.45, 2.75) is 13.0 Å². The maximum Gasteiger partial charge on any atom is 0.164 e. The molecule has 1 aliphatic rings. The Hall–Kier alpha value is -1.32. The maximum atomic E-state index is 12.7. The van der Waals surface area contributed by atoms with E-state index in [1.165, 1.54) is 0 Å². The van der Waals surface area contributed by atoms with E-state index in [4.69, 9.17) is 9.47 Å². The van der Waals surface area contributed by atoms with Crippen molar-refractivity contribution in [1.29, 1.82) is 0 Å². The molecule has 2 nitrogen and oxygen atoms in total. The van der Waals surface area contributed by atoms with E-state index in [1.807, 2.05) is 0 Å². The van der Waals surface area contributed by atoms with Crippen molar-refractivity contribution in [2.75, 3.05) is 6.61 Å². The first kappa shape index (κ1) is 8.29. The molecule has 1 heterocycles. The average Bonchev–Trinajstić information content (AvgIpc) is 2.08. The Labute approximate surface area is 74.1 Å². The van der Waals surface area contributed by atoms with E-state index in [-0.39, 0.29) is 17.6 Å². The minimum atomic E-state index is -0.920. The number of hydrogen-bond donors (Lipinski definition) is 0. The summed E-state index contributed by atoms with van der Waals surface area (Å²) in [5.74, 6) is -1.32. The zero-order valence-corrected chi connectivity index (χ0v) is 7.01. The van der Waals surface area contributed by atoms with Crippen LogP contribution in [0, 0.1) is 11.6 Å². The molecule has 0 bridgehead atoms. The molecule has 70 valence electrons. The Kier molecular flexibility index (Phi) is 1.83. The zero-order valence-electron chi connectivity index (χ0n) is 7.01. The molecule has 1 aromatic carbocycles. The highest BCUT2D eigenvalue weighted by atomic mass is 19.2. The minimum Gasteiger partial charge on any atom is -0.486 e. The highest BCUT2D eigenvalue weighted by Crippen LogP contribution is 2.33. The molecule has 0 fully saturated rings. The molecule has 0 saturated heterocycles. The third-order valence-electron chi connectivity index (χ3n) is 1.79. The van der Waals surface area contributed by atoms with Crippen molar-refractivity contribution in [3.63, 3.8) is 0 Å². The fourth-order valence-corrected chi connectivity index (χ4v) is 1.17. The Morgan fingerprint density at radius 3 is 2.54 bits per heavy atom. The molecular weight excluding hydrogens is 178 g/mol. The van der Waals surface area contributed by atoms with Crippen molar-refractivity contribution >= 4 is 0 Å². The average molecular weight is 186 g/mol. The first-order valence-corrected chi connectivity index (χ1v) is 3.95. The van der Waals surface area contributed by atoms with Gasteiger partial charge in [-0.05, 0) is 6.92 Å². The van der Waals surface area contributed by atoms with Gasteiger partial charge in [-0.15, -0.1) is 0 Å². The smallest absolute Gasteiger partial charge is 0.164 e. The van der Waals surface area contributed by atoms with Gasteiger partial charge >= 0.3 is 0 Å². The lowest BCUT2D eigenvalue weighted by Crippen LogP contribution is -2.25. The molecule has 0 N–H and O–H groups in total. The van der Waals surface area contributed by atoms with Crippen LogP contribution in [0.15, 0.2) is 12.1 Å². The number of halogens is 2. The van der Waals surface area contributed by atoms with Gasteiger partial charge in [0.25, 0.3) is 0 Å². The Balaban J connectivity index is 2.43. The molecule has 13 heavy (non-hydrogen) atoms. The molecule has 0 aromatic heterocycles. The number of hydrogen-bond acceptors (Lipinski definition) is 2. The van der Waals surface area contributed by atoms with E-state index in [1.54, 1.807) is 6.92 Å². The van der Waals surface area contributed by atoms with Gasteiger partial charge in [0.05, 0.1) is 0 Å². The lowest BCUT2D eigenvalue weighted by molar-refractivity contribution is 0.103. The van der Waals surface area contributed by atoms with Crippen molar-refractivity contribution in [1.82, 2.24) is 0 Å². The van der Waals surface area contributed by atoms with Crippen LogP contribution >= 0.6 is 0 Å². The second kappa shape index (κ2) is 2.87. The summed E-state index contributed by atoms with van der Waals surface area (Å²) in [4.78, 5) is 0. The SMILES string of the molecule is CC1COc2cc(F)c(F)cc2O1. The van der Waals surface area contributed by atoms with E-state index in [9.17, 15) is 8.78 Å². The summed E-state index contributed by atoms with van der Waals surface area (Å²) in [5, 5.41) is 0. The summed E-state index contributed by atoms with van der Waals surface area (Å²) in [6.07, 6.45) is -0.127. The van der Waals surface area contributed by atoms with Gasteiger partial charge in [-0.3, -0.25) is 0 Å². The van der Waals surface area contributed by atoms with Crippen LogP contribution in [0.5, 0.6) is 11.5 Å². The van der Waals surface area contributed by atoms with E-state index in [0.717, 1.165) is 12.1 Å². The zero-order chi connectivity index (χ0) is 9.42. The standard InChI is InChI=1S/C9H8F2O2/c1-5-4-12-8-2-6(10)7(11)3-9(8)13-5/h2-3,5H,4H2,1H3. The molecule has 0 spiro atoms. The van der Waals surface area contributed by atoms with Crippen LogP contribution in [0.3, 0.4) is 0 Å². The quantitative estimate of drug-likeness (QED) is 0.617. The summed E-state index contributed by atoms with van der Waals surface area (Å²) in [7, 11) is 0. The molecule has 0 amide bonds. The van der Waals surface area contributed by atoms with Gasteiger partial charge < -0.3 is 9.47 Å². The van der Waals surface area contributed by atoms with Gasteiger partial charge in [0.1, 0.15) is 12.7 Å². The summed E-state index contributed by atoms with van der Waals surface area (Å²) in [6, 6.07) is 2.00. The number of fused-ring (bicyclic) bond motifs is 1. The van der Waals surface area contributed by atoms with Crippen molar-refractivity contribution in [3.05, 3.63) is 23.8 Å². The van der Waals surface area contributed by atoms with Gasteiger partial charge in [0, 0.05) is 12.1 Å². The van der Waals surface area contributed by atoms with Crippen LogP contribution < -0.4 is 9.47 Å². The first-order valence-electron chi connectivity index (χ1n) is 3.95. The van der Waals surface area contributed by atoms with Gasteiger partial charge in [0.15, 0.2) is 23.1 Å². The number of benzene rings is 1. The summed E-state index contributed by atoms with van der Waals surface area (Å²) in [5.41, 5.74) is 0. The molecule has 1 aromatic rings. The van der Waals surface area contributed by atoms with Crippen molar-refractivity contribution in [3.8, 4) is 11.5 Å². The topological polar surface area (TPSA) is 18.5 Å². The highest BCUT2D eigenvalue weighted by molar-refractivity contribution is 5.41. The van der Waals surface area contributed by atoms with Gasteiger partial charge in [-0.1, -0.05) is 0 Å². The van der Waals surface area contributed by atoms with E-state index in [2.05, 4.69) is 0 Å². The van der Waals surface area contributed by atoms with E-state index >= 15 is 0 Å². The molecule has 0 saturated carbocycles. The van der Waals surface area contributed by atoms with Crippen LogP contribution in [0.4, 0.5) is 8.78 Å². The predicted molar refractivity (Wildman–Crippen MR) is 41.9 cm³/mol. The van der Waals surface area contributed by atoms with Crippen LogP contribution in [-0.2, 0) is 0 Å². The Morgan fingerprint density at radius 1 is 1.23 bits per heavy atom. The highest BCUT2D eigenvalue weighted by Gasteiger charge is 2.19. The molecule has 1 atom stereocenters. The number of ether oxygens (including phenoxy) is 2. The van der Waals surface area contributed by atoms with Gasteiger partial charge in [0.2, 0.25) is 0 Å². The molecule has 0 aliphatic carbocycles. The Bertz CT molecular complexity index is 339. The minimum absolute atomic E-state index is 0.127. The summed E-state index contributed by atoms with van der Waals surface area (Å²) >= 11 is 0. The van der Waals surface area contributed by atoms with Crippen LogP contribution in [0.1, 0.15) is 6.92 Å². The molecule has 1 unspecified atom stereocenters. The number of rotatable bonds is 0. The summed E-state index contributed by atoms with van der Waals surface area (Å²) in [6.45, 7) is 2.16. The molecule has 1 aliphatic heterocycles. The largest absolute Gasteiger partial charge is 0.486 e. The summed E-state index contributed by atoms with van der Waals surface area (Å²) < 4.78 is 35.8. The van der Waals surface area contributed by atoms with Gasteiger partial charge in [-0.2, -0.15) is 0 Å². The maximum absolute atomic E-state index is 12.7. The lowest BCUT2D eigenvalue weighted by Gasteiger charge is -2.23. The molecule has 4 heteroatoms. The van der Waals surface area contributed by atoms with Gasteiger partial charge in [-0.25, -0.2) is 8.78 Å².